The minimum atomic E-state index is 0.156. The lowest BCUT2D eigenvalue weighted by Crippen LogP contribution is -1.91. The third kappa shape index (κ3) is 1.93. The molecule has 0 fully saturated rings. The molecule has 3 nitrogen and oxygen atoms in total. The Labute approximate surface area is 94.0 Å². The van der Waals surface area contributed by atoms with Crippen molar-refractivity contribution >= 4 is 11.4 Å². The van der Waals surface area contributed by atoms with E-state index < -0.39 is 0 Å². The number of aromatic hydroxyl groups is 2. The van der Waals surface area contributed by atoms with Gasteiger partial charge in [0.25, 0.3) is 0 Å². The van der Waals surface area contributed by atoms with Crippen molar-refractivity contribution < 1.29 is 10.2 Å². The Hall–Kier alpha value is -2.16. The number of para-hydroxylation sites is 3. The van der Waals surface area contributed by atoms with Crippen molar-refractivity contribution in [3.8, 4) is 11.5 Å². The summed E-state index contributed by atoms with van der Waals surface area (Å²) in [7, 11) is 0. The van der Waals surface area contributed by atoms with Gasteiger partial charge in [0.05, 0.1) is 11.4 Å². The normalized spacial score (nSPS) is 10.1. The van der Waals surface area contributed by atoms with E-state index in [9.17, 15) is 10.2 Å². The molecule has 0 aliphatic rings. The minimum absolute atomic E-state index is 0.156. The molecule has 0 unspecified atom stereocenters. The molecule has 0 bridgehead atoms. The fraction of sp³-hybridized carbons (Fsp3) is 0.0769. The lowest BCUT2D eigenvalue weighted by Gasteiger charge is -2.10. The fourth-order valence-electron chi connectivity index (χ4n) is 1.48. The van der Waals surface area contributed by atoms with E-state index in [0.29, 0.717) is 11.4 Å². The zero-order chi connectivity index (χ0) is 11.5. The van der Waals surface area contributed by atoms with Crippen LogP contribution in [0.2, 0.25) is 0 Å². The van der Waals surface area contributed by atoms with Gasteiger partial charge in [-0.3, -0.25) is 0 Å². The summed E-state index contributed by atoms with van der Waals surface area (Å²) in [5, 5.41) is 22.4. The summed E-state index contributed by atoms with van der Waals surface area (Å²) in [5.41, 5.74) is 1.95. The van der Waals surface area contributed by atoms with Crippen LogP contribution in [0.15, 0.2) is 42.5 Å². The Morgan fingerprint density at radius 3 is 2.31 bits per heavy atom. The number of anilines is 2. The predicted molar refractivity (Wildman–Crippen MR) is 64.2 cm³/mol. The van der Waals surface area contributed by atoms with Gasteiger partial charge < -0.3 is 15.5 Å². The smallest absolute Gasteiger partial charge is 0.141 e. The van der Waals surface area contributed by atoms with E-state index >= 15 is 0 Å². The van der Waals surface area contributed by atoms with Crippen LogP contribution in [0.25, 0.3) is 0 Å². The van der Waals surface area contributed by atoms with Gasteiger partial charge >= 0.3 is 0 Å². The van der Waals surface area contributed by atoms with Crippen molar-refractivity contribution in [2.75, 3.05) is 5.32 Å². The first-order valence-electron chi connectivity index (χ1n) is 5.02. The Bertz CT molecular complexity index is 509. The maximum Gasteiger partial charge on any atom is 0.141 e. The average Bonchev–Trinajstić information content (AvgIpc) is 2.28. The number of hydrogen-bond donors (Lipinski definition) is 3. The molecule has 0 heterocycles. The lowest BCUT2D eigenvalue weighted by molar-refractivity contribution is 0.472. The third-order valence-electron chi connectivity index (χ3n) is 2.41. The lowest BCUT2D eigenvalue weighted by atomic mass is 10.2. The van der Waals surface area contributed by atoms with Gasteiger partial charge in [-0.15, -0.1) is 0 Å². The molecule has 0 aliphatic carbocycles. The van der Waals surface area contributed by atoms with E-state index in [-0.39, 0.29) is 11.5 Å². The second-order valence-corrected chi connectivity index (χ2v) is 3.61. The van der Waals surface area contributed by atoms with E-state index in [2.05, 4.69) is 5.32 Å². The Morgan fingerprint density at radius 2 is 1.56 bits per heavy atom. The maximum absolute atomic E-state index is 9.81. The summed E-state index contributed by atoms with van der Waals surface area (Å²) in [6, 6.07) is 12.3. The van der Waals surface area contributed by atoms with Crippen molar-refractivity contribution in [2.45, 2.75) is 6.92 Å². The number of rotatable bonds is 2. The molecule has 0 atom stereocenters. The standard InChI is InChI=1S/C13H13NO2/c1-9-5-4-7-11(13(9)16)14-10-6-2-3-8-12(10)15/h2-8,14-16H,1H3. The molecule has 0 aromatic heterocycles. The molecular weight excluding hydrogens is 202 g/mol. The van der Waals surface area contributed by atoms with Crippen LogP contribution in [-0.2, 0) is 0 Å². The van der Waals surface area contributed by atoms with Crippen molar-refractivity contribution in [3.05, 3.63) is 48.0 Å². The van der Waals surface area contributed by atoms with Gasteiger partial charge in [0, 0.05) is 0 Å². The van der Waals surface area contributed by atoms with Crippen molar-refractivity contribution in [1.82, 2.24) is 0 Å². The molecule has 2 aromatic carbocycles. The largest absolute Gasteiger partial charge is 0.506 e. The van der Waals surface area contributed by atoms with E-state index in [4.69, 9.17) is 0 Å². The van der Waals surface area contributed by atoms with Crippen molar-refractivity contribution in [1.29, 1.82) is 0 Å². The average molecular weight is 215 g/mol. The number of phenolic OH excluding ortho intramolecular Hbond substituents is 2. The predicted octanol–water partition coefficient (Wildman–Crippen LogP) is 3.15. The topological polar surface area (TPSA) is 52.5 Å². The van der Waals surface area contributed by atoms with Crippen LogP contribution in [0.5, 0.6) is 11.5 Å². The van der Waals surface area contributed by atoms with E-state index in [1.165, 1.54) is 0 Å². The first-order valence-corrected chi connectivity index (χ1v) is 5.02. The van der Waals surface area contributed by atoms with Gasteiger partial charge in [0.2, 0.25) is 0 Å². The fourth-order valence-corrected chi connectivity index (χ4v) is 1.48. The van der Waals surface area contributed by atoms with Crippen LogP contribution in [-0.4, -0.2) is 10.2 Å². The van der Waals surface area contributed by atoms with Crippen LogP contribution in [0, 0.1) is 6.92 Å². The molecule has 2 aromatic rings. The Kier molecular flexibility index (Phi) is 2.68. The number of aryl methyl sites for hydroxylation is 1. The van der Waals surface area contributed by atoms with Crippen LogP contribution < -0.4 is 5.32 Å². The molecule has 0 saturated carbocycles. The van der Waals surface area contributed by atoms with Crippen LogP contribution >= 0.6 is 0 Å². The van der Waals surface area contributed by atoms with Gasteiger partial charge in [0.1, 0.15) is 11.5 Å². The van der Waals surface area contributed by atoms with Gasteiger partial charge in [-0.1, -0.05) is 24.3 Å². The number of hydrogen-bond acceptors (Lipinski definition) is 3. The summed E-state index contributed by atoms with van der Waals surface area (Å²) in [5.74, 6) is 0.356. The molecule has 16 heavy (non-hydrogen) atoms. The van der Waals surface area contributed by atoms with E-state index in [0.717, 1.165) is 5.56 Å². The van der Waals surface area contributed by atoms with Gasteiger partial charge in [-0.25, -0.2) is 0 Å². The van der Waals surface area contributed by atoms with Crippen LogP contribution in [0.3, 0.4) is 0 Å². The zero-order valence-corrected chi connectivity index (χ0v) is 8.94. The SMILES string of the molecule is Cc1cccc(Nc2ccccc2O)c1O. The number of nitrogens with one attached hydrogen (secondary N) is 1. The minimum Gasteiger partial charge on any atom is -0.506 e. The highest BCUT2D eigenvalue weighted by molar-refractivity contribution is 5.71. The monoisotopic (exact) mass is 215 g/mol. The molecule has 0 saturated heterocycles. The zero-order valence-electron chi connectivity index (χ0n) is 8.94. The number of phenols is 2. The Morgan fingerprint density at radius 1 is 0.875 bits per heavy atom. The molecule has 3 heteroatoms. The highest BCUT2D eigenvalue weighted by atomic mass is 16.3. The van der Waals surface area contributed by atoms with E-state index in [1.807, 2.05) is 25.1 Å². The summed E-state index contributed by atoms with van der Waals surface area (Å²) in [6.45, 7) is 1.82. The molecule has 0 radical (unpaired) electrons. The molecule has 82 valence electrons. The van der Waals surface area contributed by atoms with Gasteiger partial charge in [0.15, 0.2) is 0 Å². The van der Waals surface area contributed by atoms with Crippen LogP contribution in [0.1, 0.15) is 5.56 Å². The van der Waals surface area contributed by atoms with Crippen molar-refractivity contribution in [3.63, 3.8) is 0 Å². The highest BCUT2D eigenvalue weighted by Crippen LogP contribution is 2.32. The summed E-state index contributed by atoms with van der Waals surface area (Å²) < 4.78 is 0. The van der Waals surface area contributed by atoms with E-state index in [1.54, 1.807) is 24.3 Å². The van der Waals surface area contributed by atoms with Gasteiger partial charge in [-0.2, -0.15) is 0 Å². The molecule has 0 amide bonds. The molecule has 0 aliphatic heterocycles. The highest BCUT2D eigenvalue weighted by Gasteiger charge is 2.05. The first kappa shape index (κ1) is 10.4. The second-order valence-electron chi connectivity index (χ2n) is 3.61. The maximum atomic E-state index is 9.81. The molecular formula is C13H13NO2. The summed E-state index contributed by atoms with van der Waals surface area (Å²) in [4.78, 5) is 0. The quantitative estimate of drug-likeness (QED) is 0.674. The molecule has 2 rings (SSSR count). The van der Waals surface area contributed by atoms with Gasteiger partial charge in [-0.05, 0) is 30.7 Å². The first-order chi connectivity index (χ1) is 7.68. The molecule has 3 N–H and O–H groups in total. The summed E-state index contributed by atoms with van der Waals surface area (Å²) >= 11 is 0. The second kappa shape index (κ2) is 4.14. The molecule has 0 spiro atoms. The third-order valence-corrected chi connectivity index (χ3v) is 2.41. The van der Waals surface area contributed by atoms with Crippen molar-refractivity contribution in [2.24, 2.45) is 0 Å². The summed E-state index contributed by atoms with van der Waals surface area (Å²) in [6.07, 6.45) is 0. The Balaban J connectivity index is 2.35. The number of benzene rings is 2. The van der Waals surface area contributed by atoms with Crippen LogP contribution in [0.4, 0.5) is 11.4 Å².